The molecule has 4 heterocycles. The Morgan fingerprint density at radius 2 is 1.88 bits per heavy atom. The normalized spacial score (nSPS) is 21.8. The van der Waals surface area contributed by atoms with Gasteiger partial charge in [0, 0.05) is 32.2 Å². The van der Waals surface area contributed by atoms with Crippen molar-refractivity contribution in [3.63, 3.8) is 0 Å². The molecule has 11 heteroatoms. The fourth-order valence-corrected chi connectivity index (χ4v) is 4.82. The van der Waals surface area contributed by atoms with Crippen LogP contribution in [0.1, 0.15) is 56.5 Å². The summed E-state index contributed by atoms with van der Waals surface area (Å²) in [5.74, 6) is -0.427. The largest absolute Gasteiger partial charge is 0.378 e. The molecule has 2 aliphatic heterocycles. The summed E-state index contributed by atoms with van der Waals surface area (Å²) >= 11 is 0. The van der Waals surface area contributed by atoms with Crippen molar-refractivity contribution in [2.24, 2.45) is 17.0 Å². The van der Waals surface area contributed by atoms with E-state index in [2.05, 4.69) is 25.6 Å². The van der Waals surface area contributed by atoms with Crippen LogP contribution in [-0.2, 0) is 28.0 Å². The first-order chi connectivity index (χ1) is 19.8. The molecule has 4 rings (SSSR count). The van der Waals surface area contributed by atoms with Crippen LogP contribution in [-0.4, -0.2) is 76.7 Å². The molecule has 0 aromatic carbocycles. The molecule has 0 spiro atoms. The van der Waals surface area contributed by atoms with Crippen LogP contribution >= 0.6 is 0 Å². The van der Waals surface area contributed by atoms with Crippen molar-refractivity contribution in [3.8, 4) is 0 Å². The number of rotatable bonds is 9. The van der Waals surface area contributed by atoms with Gasteiger partial charge in [-0.1, -0.05) is 13.3 Å². The van der Waals surface area contributed by atoms with E-state index in [4.69, 9.17) is 14.7 Å². The lowest BCUT2D eigenvalue weighted by Gasteiger charge is -2.25. The lowest BCUT2D eigenvalue weighted by atomic mass is 10.1. The van der Waals surface area contributed by atoms with Gasteiger partial charge in [-0.2, -0.15) is 5.10 Å². The standard InChI is InChI=1S/C30H40N8O3/c1-6-22-12-27(25-17-34-37(4)28(25)19-41-5)33-14-20(2)24(16-32-22)30(40)36-26-13-23(15-31-21(26)3)35-29(39)18-38-10-8-7-9-11-38/h12-17,22H,6-11,18-19H2,1-5H3,(H,35,39)(H,36,40)/b24-20-,27-12-,32-16?,33-14-. The molecule has 1 atom stereocenters. The monoisotopic (exact) mass is 560 g/mol. The average molecular weight is 561 g/mol. The summed E-state index contributed by atoms with van der Waals surface area (Å²) in [4.78, 5) is 42.1. The van der Waals surface area contributed by atoms with E-state index in [9.17, 15) is 9.59 Å². The van der Waals surface area contributed by atoms with Crippen LogP contribution in [0.5, 0.6) is 0 Å². The number of ether oxygens (including phenoxy) is 1. The minimum absolute atomic E-state index is 0.0934. The zero-order chi connectivity index (χ0) is 29.4. The Kier molecular flexibility index (Phi) is 10.3. The van der Waals surface area contributed by atoms with E-state index in [1.807, 2.05) is 33.9 Å². The second-order valence-electron chi connectivity index (χ2n) is 10.4. The van der Waals surface area contributed by atoms with Crippen molar-refractivity contribution in [1.29, 1.82) is 0 Å². The van der Waals surface area contributed by atoms with Crippen molar-refractivity contribution in [2.45, 2.75) is 59.1 Å². The van der Waals surface area contributed by atoms with E-state index in [1.54, 1.807) is 42.7 Å². The first-order valence-corrected chi connectivity index (χ1v) is 14.1. The van der Waals surface area contributed by atoms with E-state index in [-0.39, 0.29) is 17.9 Å². The van der Waals surface area contributed by atoms with Crippen LogP contribution < -0.4 is 10.6 Å². The lowest BCUT2D eigenvalue weighted by molar-refractivity contribution is -0.117. The number of amides is 2. The van der Waals surface area contributed by atoms with Crippen molar-refractivity contribution in [1.82, 2.24) is 19.7 Å². The van der Waals surface area contributed by atoms with Gasteiger partial charge in [0.25, 0.3) is 5.91 Å². The van der Waals surface area contributed by atoms with Crippen molar-refractivity contribution in [3.05, 3.63) is 52.6 Å². The fraction of sp³-hybridized carbons (Fsp3) is 0.467. The molecule has 0 bridgehead atoms. The summed E-state index contributed by atoms with van der Waals surface area (Å²) in [5, 5.41) is 10.3. The second kappa shape index (κ2) is 14.1. The molecule has 2 aliphatic rings. The fourth-order valence-electron chi connectivity index (χ4n) is 4.82. The van der Waals surface area contributed by atoms with Gasteiger partial charge in [-0.3, -0.25) is 34.1 Å². The van der Waals surface area contributed by atoms with Gasteiger partial charge in [-0.15, -0.1) is 0 Å². The maximum absolute atomic E-state index is 13.5. The quantitative estimate of drug-likeness (QED) is 0.479. The lowest BCUT2D eigenvalue weighted by Crippen LogP contribution is -2.36. The topological polar surface area (TPSA) is 126 Å². The number of aliphatic imine (C=N–C) groups is 2. The molecule has 218 valence electrons. The Bertz CT molecular complexity index is 1380. The molecule has 2 aromatic heterocycles. The smallest absolute Gasteiger partial charge is 0.257 e. The van der Waals surface area contributed by atoms with Gasteiger partial charge >= 0.3 is 0 Å². The minimum atomic E-state index is -0.334. The minimum Gasteiger partial charge on any atom is -0.378 e. The molecule has 2 N–H and O–H groups in total. The highest BCUT2D eigenvalue weighted by Crippen LogP contribution is 2.25. The summed E-state index contributed by atoms with van der Waals surface area (Å²) in [5.41, 5.74) is 5.22. The average Bonchev–Trinajstić information content (AvgIpc) is 3.34. The summed E-state index contributed by atoms with van der Waals surface area (Å²) in [7, 11) is 3.51. The van der Waals surface area contributed by atoms with E-state index in [1.165, 1.54) is 6.42 Å². The van der Waals surface area contributed by atoms with Gasteiger partial charge in [-0.25, -0.2) is 0 Å². The van der Waals surface area contributed by atoms with Gasteiger partial charge < -0.3 is 15.4 Å². The number of hydrogen-bond donors (Lipinski definition) is 2. The number of anilines is 2. The summed E-state index contributed by atoms with van der Waals surface area (Å²) < 4.78 is 7.14. The number of piperidine rings is 1. The Balaban J connectivity index is 1.53. The van der Waals surface area contributed by atoms with Gasteiger partial charge in [0.05, 0.1) is 65.6 Å². The molecule has 0 saturated carbocycles. The number of aryl methyl sites for hydroxylation is 2. The Hall–Kier alpha value is -3.96. The highest BCUT2D eigenvalue weighted by molar-refractivity contribution is 6.21. The summed E-state index contributed by atoms with van der Waals surface area (Å²) in [6, 6.07) is 1.55. The molecule has 0 radical (unpaired) electrons. The van der Waals surface area contributed by atoms with Crippen LogP contribution in [0.3, 0.4) is 0 Å². The zero-order valence-electron chi connectivity index (χ0n) is 24.6. The number of nitrogens with one attached hydrogen (secondary N) is 2. The predicted octanol–water partition coefficient (Wildman–Crippen LogP) is 3.92. The number of carbonyl (C=O) groups excluding carboxylic acids is 2. The maximum Gasteiger partial charge on any atom is 0.257 e. The number of hydrogen-bond acceptors (Lipinski definition) is 8. The number of nitrogens with zero attached hydrogens (tertiary/aromatic N) is 6. The summed E-state index contributed by atoms with van der Waals surface area (Å²) in [6.45, 7) is 8.29. The molecule has 1 fully saturated rings. The number of carbonyl (C=O) groups is 2. The Labute approximate surface area is 241 Å². The third kappa shape index (κ3) is 7.83. The predicted molar refractivity (Wildman–Crippen MR) is 162 cm³/mol. The first-order valence-electron chi connectivity index (χ1n) is 14.1. The third-order valence-corrected chi connectivity index (χ3v) is 7.28. The Morgan fingerprint density at radius 3 is 2.61 bits per heavy atom. The van der Waals surface area contributed by atoms with E-state index < -0.39 is 0 Å². The molecule has 0 aliphatic carbocycles. The zero-order valence-corrected chi connectivity index (χ0v) is 24.6. The summed E-state index contributed by atoms with van der Waals surface area (Å²) in [6.07, 6.45) is 12.8. The molecule has 2 aromatic rings. The van der Waals surface area contributed by atoms with E-state index >= 15 is 0 Å². The van der Waals surface area contributed by atoms with E-state index in [0.717, 1.165) is 49.3 Å². The Morgan fingerprint density at radius 1 is 1.10 bits per heavy atom. The molecule has 1 unspecified atom stereocenters. The highest BCUT2D eigenvalue weighted by Gasteiger charge is 2.19. The van der Waals surface area contributed by atoms with Gasteiger partial charge in [-0.05, 0) is 63.9 Å². The number of methoxy groups -OCH3 is 1. The first kappa shape index (κ1) is 30.0. The number of likely N-dealkylation sites (tertiary alicyclic amines) is 1. The van der Waals surface area contributed by atoms with Gasteiger partial charge in [0.1, 0.15) is 0 Å². The third-order valence-electron chi connectivity index (χ3n) is 7.28. The van der Waals surface area contributed by atoms with Crippen LogP contribution in [0.25, 0.3) is 5.70 Å². The SMILES string of the molecule is CCC1\C=C(c2cnn(C)c2COC)/N=C\C(C)=C(/C(=O)Nc2cc(NC(=O)CN3CCCCC3)cnc2C)C=N1. The molecule has 2 amide bonds. The van der Waals surface area contributed by atoms with Crippen LogP contribution in [0, 0.1) is 6.92 Å². The van der Waals surface area contributed by atoms with Crippen molar-refractivity contribution in [2.75, 3.05) is 37.4 Å². The second-order valence-corrected chi connectivity index (χ2v) is 10.4. The van der Waals surface area contributed by atoms with Crippen molar-refractivity contribution >= 4 is 41.3 Å². The maximum atomic E-state index is 13.5. The number of allylic oxidation sites excluding steroid dienone is 1. The van der Waals surface area contributed by atoms with Gasteiger partial charge in [0.2, 0.25) is 5.91 Å². The van der Waals surface area contributed by atoms with Gasteiger partial charge in [0.15, 0.2) is 0 Å². The molecular weight excluding hydrogens is 520 g/mol. The van der Waals surface area contributed by atoms with Crippen LogP contribution in [0.15, 0.2) is 45.7 Å². The van der Waals surface area contributed by atoms with Crippen LogP contribution in [0.4, 0.5) is 11.4 Å². The van der Waals surface area contributed by atoms with Crippen LogP contribution in [0.2, 0.25) is 0 Å². The number of pyridine rings is 1. The van der Waals surface area contributed by atoms with E-state index in [0.29, 0.717) is 41.4 Å². The molecule has 11 nitrogen and oxygen atoms in total. The number of aromatic nitrogens is 3. The molecule has 1 saturated heterocycles. The highest BCUT2D eigenvalue weighted by atomic mass is 16.5. The molecule has 41 heavy (non-hydrogen) atoms. The van der Waals surface area contributed by atoms with Crippen molar-refractivity contribution < 1.29 is 14.3 Å². The molecular formula is C30H40N8O3.